The number of carbonyl (C=O) groups is 1. The van der Waals surface area contributed by atoms with Crippen LogP contribution in [0, 0.1) is 23.0 Å². The third-order valence-electron chi connectivity index (χ3n) is 2.61. The minimum atomic E-state index is -1.13. The standard InChI is InChI=1S/C13H14F2N2O2/c1-13(2,17-12(18)4-5-16)8-6-10(15)11(19-3)7-9(8)14/h6-7H,4H2,1-3H3,(H,17,18). The maximum Gasteiger partial charge on any atom is 0.234 e. The molecule has 0 radical (unpaired) electrons. The van der Waals surface area contributed by atoms with Crippen molar-refractivity contribution in [2.45, 2.75) is 25.8 Å². The van der Waals surface area contributed by atoms with Crippen LogP contribution < -0.4 is 10.1 Å². The van der Waals surface area contributed by atoms with E-state index in [4.69, 9.17) is 5.26 Å². The van der Waals surface area contributed by atoms with Crippen LogP contribution in [0.4, 0.5) is 8.78 Å². The summed E-state index contributed by atoms with van der Waals surface area (Å²) in [5, 5.41) is 10.9. The first kappa shape index (κ1) is 14.9. The summed E-state index contributed by atoms with van der Waals surface area (Å²) in [5.74, 6) is -2.18. The molecule has 0 saturated carbocycles. The van der Waals surface area contributed by atoms with E-state index in [1.54, 1.807) is 6.07 Å². The average Bonchev–Trinajstić information content (AvgIpc) is 2.30. The molecule has 102 valence electrons. The van der Waals surface area contributed by atoms with Gasteiger partial charge in [0.25, 0.3) is 0 Å². The maximum atomic E-state index is 13.9. The summed E-state index contributed by atoms with van der Waals surface area (Å²) in [6.07, 6.45) is -0.344. The largest absolute Gasteiger partial charge is 0.494 e. The predicted molar refractivity (Wildman–Crippen MR) is 64.3 cm³/mol. The number of nitriles is 1. The number of nitrogens with zero attached hydrogens (tertiary/aromatic N) is 1. The average molecular weight is 268 g/mol. The Hall–Kier alpha value is -2.16. The van der Waals surface area contributed by atoms with E-state index in [0.717, 1.165) is 12.1 Å². The first-order valence-electron chi connectivity index (χ1n) is 5.53. The number of ether oxygens (including phenoxy) is 1. The van der Waals surface area contributed by atoms with Gasteiger partial charge in [-0.2, -0.15) is 5.26 Å². The molecule has 0 atom stereocenters. The van der Waals surface area contributed by atoms with Crippen molar-refractivity contribution in [3.63, 3.8) is 0 Å². The molecule has 0 bridgehead atoms. The molecule has 1 N–H and O–H groups in total. The molecule has 4 nitrogen and oxygen atoms in total. The quantitative estimate of drug-likeness (QED) is 0.910. The van der Waals surface area contributed by atoms with Gasteiger partial charge in [0.05, 0.1) is 18.7 Å². The lowest BCUT2D eigenvalue weighted by atomic mass is 9.93. The highest BCUT2D eigenvalue weighted by Crippen LogP contribution is 2.28. The van der Waals surface area contributed by atoms with E-state index in [2.05, 4.69) is 10.1 Å². The molecule has 0 fully saturated rings. The molecule has 0 saturated heterocycles. The Kier molecular flexibility index (Phi) is 4.43. The Bertz CT molecular complexity index is 536. The van der Waals surface area contributed by atoms with Crippen LogP contribution in [0.5, 0.6) is 5.75 Å². The normalized spacial score (nSPS) is 10.7. The molecule has 0 aliphatic rings. The third kappa shape index (κ3) is 3.41. The number of nitrogens with one attached hydrogen (secondary N) is 1. The minimum Gasteiger partial charge on any atom is -0.494 e. The second kappa shape index (κ2) is 5.65. The Morgan fingerprint density at radius 2 is 2.05 bits per heavy atom. The van der Waals surface area contributed by atoms with E-state index >= 15 is 0 Å². The number of hydrogen-bond acceptors (Lipinski definition) is 3. The van der Waals surface area contributed by atoms with Crippen molar-refractivity contribution in [2.75, 3.05) is 7.11 Å². The lowest BCUT2D eigenvalue weighted by Gasteiger charge is -2.27. The minimum absolute atomic E-state index is 0.0166. The Morgan fingerprint density at radius 1 is 1.42 bits per heavy atom. The van der Waals surface area contributed by atoms with Gasteiger partial charge in [-0.15, -0.1) is 0 Å². The summed E-state index contributed by atoms with van der Waals surface area (Å²) in [6, 6.07) is 3.58. The van der Waals surface area contributed by atoms with Crippen molar-refractivity contribution < 1.29 is 18.3 Å². The van der Waals surface area contributed by atoms with E-state index in [1.807, 2.05) is 0 Å². The number of rotatable bonds is 4. The molecule has 1 amide bonds. The number of amides is 1. The lowest BCUT2D eigenvalue weighted by Crippen LogP contribution is -2.41. The van der Waals surface area contributed by atoms with E-state index in [1.165, 1.54) is 21.0 Å². The summed E-state index contributed by atoms with van der Waals surface area (Å²) in [6.45, 7) is 3.04. The van der Waals surface area contributed by atoms with Crippen molar-refractivity contribution >= 4 is 5.91 Å². The fraction of sp³-hybridized carbons (Fsp3) is 0.385. The van der Waals surface area contributed by atoms with Gasteiger partial charge in [-0.25, -0.2) is 8.78 Å². The second-order valence-corrected chi connectivity index (χ2v) is 4.47. The summed E-state index contributed by atoms with van der Waals surface area (Å²) in [5.41, 5.74) is -1.15. The summed E-state index contributed by atoms with van der Waals surface area (Å²) < 4.78 is 32.1. The van der Waals surface area contributed by atoms with E-state index in [-0.39, 0.29) is 17.7 Å². The van der Waals surface area contributed by atoms with Crippen LogP contribution in [0.15, 0.2) is 12.1 Å². The lowest BCUT2D eigenvalue weighted by molar-refractivity contribution is -0.121. The molecule has 1 rings (SSSR count). The molecule has 0 aliphatic carbocycles. The van der Waals surface area contributed by atoms with E-state index < -0.39 is 23.1 Å². The van der Waals surface area contributed by atoms with Crippen molar-refractivity contribution in [1.82, 2.24) is 5.32 Å². The van der Waals surface area contributed by atoms with Crippen LogP contribution in [0.1, 0.15) is 25.8 Å². The molecular formula is C13H14F2N2O2. The fourth-order valence-corrected chi connectivity index (χ4v) is 1.70. The van der Waals surface area contributed by atoms with Crippen molar-refractivity contribution in [3.05, 3.63) is 29.3 Å². The van der Waals surface area contributed by atoms with Gasteiger partial charge in [-0.3, -0.25) is 4.79 Å². The van der Waals surface area contributed by atoms with E-state index in [0.29, 0.717) is 0 Å². The number of benzene rings is 1. The summed E-state index contributed by atoms with van der Waals surface area (Å²) >= 11 is 0. The zero-order valence-electron chi connectivity index (χ0n) is 10.9. The van der Waals surface area contributed by atoms with Gasteiger partial charge in [0, 0.05) is 11.6 Å². The van der Waals surface area contributed by atoms with Gasteiger partial charge >= 0.3 is 0 Å². The molecule has 0 unspecified atom stereocenters. The molecule has 19 heavy (non-hydrogen) atoms. The van der Waals surface area contributed by atoms with Crippen LogP contribution in [0.2, 0.25) is 0 Å². The Morgan fingerprint density at radius 3 is 2.58 bits per heavy atom. The smallest absolute Gasteiger partial charge is 0.234 e. The van der Waals surface area contributed by atoms with Crippen molar-refractivity contribution in [2.24, 2.45) is 0 Å². The predicted octanol–water partition coefficient (Wildman–Crippen LogP) is 2.24. The van der Waals surface area contributed by atoms with Crippen LogP contribution in [0.25, 0.3) is 0 Å². The first-order valence-corrected chi connectivity index (χ1v) is 5.53. The van der Waals surface area contributed by atoms with Gasteiger partial charge in [-0.1, -0.05) is 0 Å². The topological polar surface area (TPSA) is 62.1 Å². The zero-order chi connectivity index (χ0) is 14.6. The van der Waals surface area contributed by atoms with Crippen LogP contribution in [0.3, 0.4) is 0 Å². The molecule has 0 spiro atoms. The number of carbonyl (C=O) groups excluding carboxylic acids is 1. The van der Waals surface area contributed by atoms with Crippen molar-refractivity contribution in [3.8, 4) is 11.8 Å². The molecule has 0 aliphatic heterocycles. The van der Waals surface area contributed by atoms with E-state index in [9.17, 15) is 13.6 Å². The van der Waals surface area contributed by atoms with Crippen LogP contribution in [-0.2, 0) is 10.3 Å². The van der Waals surface area contributed by atoms with Crippen molar-refractivity contribution in [1.29, 1.82) is 5.26 Å². The Labute approximate surface area is 110 Å². The molecule has 6 heteroatoms. The monoisotopic (exact) mass is 268 g/mol. The second-order valence-electron chi connectivity index (χ2n) is 4.47. The van der Waals surface area contributed by atoms with Gasteiger partial charge < -0.3 is 10.1 Å². The molecule has 0 aromatic heterocycles. The first-order chi connectivity index (χ1) is 8.81. The van der Waals surface area contributed by atoms with Gasteiger partial charge in [0.2, 0.25) is 5.91 Å². The third-order valence-corrected chi connectivity index (χ3v) is 2.61. The zero-order valence-corrected chi connectivity index (χ0v) is 10.9. The fourth-order valence-electron chi connectivity index (χ4n) is 1.70. The highest BCUT2D eigenvalue weighted by molar-refractivity contribution is 5.79. The van der Waals surface area contributed by atoms with Crippen LogP contribution >= 0.6 is 0 Å². The highest BCUT2D eigenvalue weighted by Gasteiger charge is 2.27. The molecular weight excluding hydrogens is 254 g/mol. The molecule has 0 heterocycles. The molecule has 1 aromatic rings. The maximum absolute atomic E-state index is 13.9. The summed E-state index contributed by atoms with van der Waals surface area (Å²) in [7, 11) is 1.23. The van der Waals surface area contributed by atoms with Gasteiger partial charge in [-0.05, 0) is 19.9 Å². The summed E-state index contributed by atoms with van der Waals surface area (Å²) in [4.78, 5) is 11.4. The number of methoxy groups -OCH3 is 1. The SMILES string of the molecule is COc1cc(F)c(C(C)(C)NC(=O)CC#N)cc1F. The van der Waals surface area contributed by atoms with Gasteiger partial charge in [0.1, 0.15) is 12.2 Å². The number of hydrogen-bond donors (Lipinski definition) is 1. The van der Waals surface area contributed by atoms with Crippen LogP contribution in [-0.4, -0.2) is 13.0 Å². The highest BCUT2D eigenvalue weighted by atomic mass is 19.1. The number of halogens is 2. The molecule has 1 aromatic carbocycles. The van der Waals surface area contributed by atoms with Gasteiger partial charge in [0.15, 0.2) is 11.6 Å². The Balaban J connectivity index is 3.11.